The van der Waals surface area contributed by atoms with E-state index < -0.39 is 21.5 Å². The molecule has 0 aliphatic carbocycles. The van der Waals surface area contributed by atoms with E-state index in [-0.39, 0.29) is 9.88 Å². The van der Waals surface area contributed by atoms with Crippen LogP contribution in [0.2, 0.25) is 0 Å². The quantitative estimate of drug-likeness (QED) is 0.670. The summed E-state index contributed by atoms with van der Waals surface area (Å²) in [6, 6.07) is 4.35. The van der Waals surface area contributed by atoms with Gasteiger partial charge in [0.05, 0.1) is 4.90 Å². The second kappa shape index (κ2) is 5.47. The Labute approximate surface area is 123 Å². The molecular weight excluding hydrogens is 298 g/mol. The molecule has 1 rings (SSSR count). The van der Waals surface area contributed by atoms with E-state index in [0.29, 0.717) is 11.1 Å². The van der Waals surface area contributed by atoms with Crippen molar-refractivity contribution in [3.63, 3.8) is 0 Å². The first kappa shape index (κ1) is 16.5. The van der Waals surface area contributed by atoms with Gasteiger partial charge in [-0.25, -0.2) is 8.42 Å². The molecule has 5 N–H and O–H groups in total. The standard InChI is InChI=1S/C12H17N3O3S2/c1-7-6-8(4-5-9(7)10(13)19)20(17,18)15-12(2,3)11(14)16/h4-6,15H,1-3H3,(H2,13,19)(H2,14,16). The van der Waals surface area contributed by atoms with Gasteiger partial charge in [0.2, 0.25) is 15.9 Å². The lowest BCUT2D eigenvalue weighted by Gasteiger charge is -2.22. The van der Waals surface area contributed by atoms with Crippen molar-refractivity contribution >= 4 is 33.1 Å². The summed E-state index contributed by atoms with van der Waals surface area (Å²) >= 11 is 4.86. The number of rotatable bonds is 5. The molecule has 0 fully saturated rings. The van der Waals surface area contributed by atoms with Crippen LogP contribution in [0.4, 0.5) is 0 Å². The smallest absolute Gasteiger partial charge is 0.241 e. The average Bonchev–Trinajstić information content (AvgIpc) is 2.26. The van der Waals surface area contributed by atoms with E-state index in [0.717, 1.165) is 0 Å². The molecule has 0 heterocycles. The van der Waals surface area contributed by atoms with Gasteiger partial charge in [0.25, 0.3) is 0 Å². The molecule has 1 amide bonds. The highest BCUT2D eigenvalue weighted by Gasteiger charge is 2.31. The number of sulfonamides is 1. The van der Waals surface area contributed by atoms with Crippen molar-refractivity contribution in [3.8, 4) is 0 Å². The molecule has 0 radical (unpaired) electrons. The fourth-order valence-electron chi connectivity index (χ4n) is 1.52. The molecule has 0 aliphatic heterocycles. The summed E-state index contributed by atoms with van der Waals surface area (Å²) in [6.45, 7) is 4.49. The Morgan fingerprint density at radius 3 is 2.25 bits per heavy atom. The zero-order chi connectivity index (χ0) is 15.7. The van der Waals surface area contributed by atoms with E-state index in [4.69, 9.17) is 23.7 Å². The van der Waals surface area contributed by atoms with E-state index >= 15 is 0 Å². The van der Waals surface area contributed by atoms with E-state index in [1.807, 2.05) is 0 Å². The molecule has 0 aromatic heterocycles. The Bertz CT molecular complexity index is 667. The molecule has 6 nitrogen and oxygen atoms in total. The average molecular weight is 315 g/mol. The van der Waals surface area contributed by atoms with Gasteiger partial charge in [0, 0.05) is 5.56 Å². The topological polar surface area (TPSA) is 115 Å². The maximum atomic E-state index is 12.2. The highest BCUT2D eigenvalue weighted by atomic mass is 32.2. The van der Waals surface area contributed by atoms with Crippen LogP contribution in [0, 0.1) is 6.92 Å². The van der Waals surface area contributed by atoms with Crippen LogP contribution in [-0.4, -0.2) is 24.9 Å². The molecule has 0 spiro atoms. The SMILES string of the molecule is Cc1cc(S(=O)(=O)NC(C)(C)C(N)=O)ccc1C(N)=S. The number of amides is 1. The summed E-state index contributed by atoms with van der Waals surface area (Å²) in [5, 5.41) is 0. The van der Waals surface area contributed by atoms with Crippen molar-refractivity contribution in [2.45, 2.75) is 31.2 Å². The molecule has 110 valence electrons. The lowest BCUT2D eigenvalue weighted by molar-refractivity contribution is -0.122. The van der Waals surface area contributed by atoms with Crippen LogP contribution in [0.1, 0.15) is 25.0 Å². The van der Waals surface area contributed by atoms with Gasteiger partial charge in [-0.15, -0.1) is 0 Å². The third kappa shape index (κ3) is 3.53. The van der Waals surface area contributed by atoms with Crippen LogP contribution >= 0.6 is 12.2 Å². The summed E-state index contributed by atoms with van der Waals surface area (Å²) in [6.07, 6.45) is 0. The second-order valence-electron chi connectivity index (χ2n) is 4.94. The normalized spacial score (nSPS) is 12.2. The number of hydrogen-bond acceptors (Lipinski definition) is 4. The van der Waals surface area contributed by atoms with Gasteiger partial charge < -0.3 is 11.5 Å². The van der Waals surface area contributed by atoms with Crippen molar-refractivity contribution in [1.82, 2.24) is 4.72 Å². The zero-order valence-electron chi connectivity index (χ0n) is 11.4. The second-order valence-corrected chi connectivity index (χ2v) is 7.06. The van der Waals surface area contributed by atoms with Crippen LogP contribution in [0.5, 0.6) is 0 Å². The minimum Gasteiger partial charge on any atom is -0.389 e. The molecule has 1 aromatic carbocycles. The van der Waals surface area contributed by atoms with Crippen LogP contribution < -0.4 is 16.2 Å². The minimum absolute atomic E-state index is 0.0179. The molecule has 0 saturated heterocycles. The van der Waals surface area contributed by atoms with Crippen molar-refractivity contribution < 1.29 is 13.2 Å². The van der Waals surface area contributed by atoms with Crippen LogP contribution in [0.3, 0.4) is 0 Å². The van der Waals surface area contributed by atoms with Gasteiger partial charge in [-0.3, -0.25) is 4.79 Å². The molecule has 0 unspecified atom stereocenters. The largest absolute Gasteiger partial charge is 0.389 e. The molecule has 1 aromatic rings. The summed E-state index contributed by atoms with van der Waals surface area (Å²) in [4.78, 5) is 11.4. The molecule has 20 heavy (non-hydrogen) atoms. The van der Waals surface area contributed by atoms with E-state index in [1.165, 1.54) is 32.0 Å². The first-order valence-electron chi connectivity index (χ1n) is 5.72. The Balaban J connectivity index is 3.21. The lowest BCUT2D eigenvalue weighted by Crippen LogP contribution is -2.52. The van der Waals surface area contributed by atoms with E-state index in [1.54, 1.807) is 6.92 Å². The number of thiocarbonyl (C=S) groups is 1. The van der Waals surface area contributed by atoms with Gasteiger partial charge in [-0.1, -0.05) is 18.3 Å². The third-order valence-corrected chi connectivity index (χ3v) is 4.65. The Kier molecular flexibility index (Phi) is 4.52. The van der Waals surface area contributed by atoms with E-state index in [9.17, 15) is 13.2 Å². The molecule has 0 saturated carbocycles. The molecule has 8 heteroatoms. The highest BCUT2D eigenvalue weighted by molar-refractivity contribution is 7.89. The number of benzene rings is 1. The molecule has 0 atom stereocenters. The summed E-state index contributed by atoms with van der Waals surface area (Å²) < 4.78 is 26.7. The maximum Gasteiger partial charge on any atom is 0.241 e. The molecule has 0 aliphatic rings. The summed E-state index contributed by atoms with van der Waals surface area (Å²) in [5.41, 5.74) is 10.5. The first-order valence-corrected chi connectivity index (χ1v) is 7.61. The number of carbonyl (C=O) groups excluding carboxylic acids is 1. The van der Waals surface area contributed by atoms with Crippen LogP contribution in [0.15, 0.2) is 23.1 Å². The van der Waals surface area contributed by atoms with Gasteiger partial charge in [0.1, 0.15) is 10.5 Å². The van der Waals surface area contributed by atoms with Gasteiger partial charge in [-0.05, 0) is 38.5 Å². The number of carbonyl (C=O) groups is 1. The Hall–Kier alpha value is -1.51. The van der Waals surface area contributed by atoms with Crippen molar-refractivity contribution in [2.75, 3.05) is 0 Å². The highest BCUT2D eigenvalue weighted by Crippen LogP contribution is 2.17. The van der Waals surface area contributed by atoms with Crippen molar-refractivity contribution in [1.29, 1.82) is 0 Å². The Morgan fingerprint density at radius 1 is 1.30 bits per heavy atom. The molecular formula is C12H17N3O3S2. The fraction of sp³-hybridized carbons (Fsp3) is 0.333. The lowest BCUT2D eigenvalue weighted by atomic mass is 10.1. The first-order chi connectivity index (χ1) is 8.97. The predicted molar refractivity (Wildman–Crippen MR) is 80.7 cm³/mol. The van der Waals surface area contributed by atoms with Crippen LogP contribution in [0.25, 0.3) is 0 Å². The van der Waals surface area contributed by atoms with Gasteiger partial charge >= 0.3 is 0 Å². The third-order valence-electron chi connectivity index (χ3n) is 2.78. The summed E-state index contributed by atoms with van der Waals surface area (Å²) in [7, 11) is -3.86. The number of nitrogens with two attached hydrogens (primary N) is 2. The van der Waals surface area contributed by atoms with Gasteiger partial charge in [0.15, 0.2) is 0 Å². The predicted octanol–water partition coefficient (Wildman–Crippen LogP) is 0.171. The molecule has 0 bridgehead atoms. The number of nitrogens with one attached hydrogen (secondary N) is 1. The number of primary amides is 1. The van der Waals surface area contributed by atoms with Crippen LogP contribution in [-0.2, 0) is 14.8 Å². The number of hydrogen-bond donors (Lipinski definition) is 3. The minimum atomic E-state index is -3.86. The van der Waals surface area contributed by atoms with Gasteiger partial charge in [-0.2, -0.15) is 4.72 Å². The number of aryl methyl sites for hydroxylation is 1. The zero-order valence-corrected chi connectivity index (χ0v) is 13.1. The van der Waals surface area contributed by atoms with E-state index in [2.05, 4.69) is 4.72 Å². The van der Waals surface area contributed by atoms with Crippen molar-refractivity contribution in [3.05, 3.63) is 29.3 Å². The van der Waals surface area contributed by atoms with Crippen molar-refractivity contribution in [2.24, 2.45) is 11.5 Å². The summed E-state index contributed by atoms with van der Waals surface area (Å²) in [5.74, 6) is -0.766. The Morgan fingerprint density at radius 2 is 1.85 bits per heavy atom. The fourth-order valence-corrected chi connectivity index (χ4v) is 3.22. The monoisotopic (exact) mass is 315 g/mol. The maximum absolute atomic E-state index is 12.2.